The largest absolute Gasteiger partial charge is 0.354 e. The van der Waals surface area contributed by atoms with Crippen LogP contribution in [0.4, 0.5) is 0 Å². The van der Waals surface area contributed by atoms with Gasteiger partial charge in [-0.25, -0.2) is 10.0 Å². The highest BCUT2D eigenvalue weighted by atomic mass is 15.7. The first-order valence-electron chi connectivity index (χ1n) is 11.5. The number of rotatable bonds is 5. The predicted molar refractivity (Wildman–Crippen MR) is 122 cm³/mol. The molecule has 1 aromatic heterocycles. The average molecular weight is 391 g/mol. The summed E-state index contributed by atoms with van der Waals surface area (Å²) in [5.41, 5.74) is 10.4. The van der Waals surface area contributed by atoms with Crippen LogP contribution >= 0.6 is 0 Å². The van der Waals surface area contributed by atoms with Gasteiger partial charge in [0.15, 0.2) is 0 Å². The molecule has 2 atom stereocenters. The fourth-order valence-corrected chi connectivity index (χ4v) is 5.53. The van der Waals surface area contributed by atoms with Gasteiger partial charge in [0.2, 0.25) is 0 Å². The topological polar surface area (TPSA) is 48.3 Å². The Morgan fingerprint density at radius 2 is 1.83 bits per heavy atom. The van der Waals surface area contributed by atoms with Gasteiger partial charge < -0.3 is 10.7 Å². The van der Waals surface area contributed by atoms with E-state index in [9.17, 15) is 0 Å². The molecule has 4 heteroatoms. The fraction of sp³-hybridized carbons (Fsp3) is 0.520. The molecule has 0 amide bonds. The standard InChI is InChI=1S/C25H34N4/c26-24-15-3-4-17-29(24)28-16-7-9-19(18-28)8-5-10-20-11-6-13-22-21-12-1-2-14-23(21)27-25(20)22/h1-2,6,11-14,19,24,27H,3-5,7-10,15-18,26H2. The molecule has 0 aliphatic carbocycles. The Balaban J connectivity index is 1.22. The zero-order valence-electron chi connectivity index (χ0n) is 17.4. The van der Waals surface area contributed by atoms with Gasteiger partial charge in [-0.05, 0) is 68.9 Å². The zero-order valence-corrected chi connectivity index (χ0v) is 17.4. The van der Waals surface area contributed by atoms with Gasteiger partial charge in [0.1, 0.15) is 0 Å². The number of aromatic nitrogens is 1. The van der Waals surface area contributed by atoms with E-state index in [0.29, 0.717) is 0 Å². The maximum atomic E-state index is 6.40. The molecule has 3 N–H and O–H groups in total. The van der Waals surface area contributed by atoms with Gasteiger partial charge in [0.05, 0.1) is 6.17 Å². The first-order valence-corrected chi connectivity index (χ1v) is 11.5. The third kappa shape index (κ3) is 3.94. The number of piperidine rings is 2. The Hall–Kier alpha value is -1.88. The Morgan fingerprint density at radius 3 is 2.76 bits per heavy atom. The van der Waals surface area contributed by atoms with Crippen molar-refractivity contribution < 1.29 is 0 Å². The number of hydrogen-bond acceptors (Lipinski definition) is 3. The summed E-state index contributed by atoms with van der Waals surface area (Å²) in [6, 6.07) is 15.4. The van der Waals surface area contributed by atoms with Crippen LogP contribution in [0.25, 0.3) is 21.8 Å². The minimum atomic E-state index is 0.238. The molecule has 5 rings (SSSR count). The number of nitrogens with two attached hydrogens (primary N) is 1. The second kappa shape index (κ2) is 8.47. The molecule has 154 valence electrons. The van der Waals surface area contributed by atoms with Crippen LogP contribution in [0.15, 0.2) is 42.5 Å². The van der Waals surface area contributed by atoms with Crippen LogP contribution in [0.2, 0.25) is 0 Å². The fourth-order valence-electron chi connectivity index (χ4n) is 5.53. The highest BCUT2D eigenvalue weighted by Gasteiger charge is 2.28. The number of aryl methyl sites for hydroxylation is 1. The van der Waals surface area contributed by atoms with Gasteiger partial charge in [0.25, 0.3) is 0 Å². The van der Waals surface area contributed by atoms with E-state index < -0.39 is 0 Å². The van der Waals surface area contributed by atoms with E-state index in [-0.39, 0.29) is 6.17 Å². The molecule has 3 aromatic rings. The minimum Gasteiger partial charge on any atom is -0.354 e. The van der Waals surface area contributed by atoms with E-state index >= 15 is 0 Å². The molecule has 2 fully saturated rings. The second-order valence-electron chi connectivity index (χ2n) is 9.05. The minimum absolute atomic E-state index is 0.238. The Labute approximate surface area is 174 Å². The van der Waals surface area contributed by atoms with Crippen LogP contribution in [0.5, 0.6) is 0 Å². The quantitative estimate of drug-likeness (QED) is 0.641. The highest BCUT2D eigenvalue weighted by Crippen LogP contribution is 2.30. The van der Waals surface area contributed by atoms with Crippen LogP contribution in [-0.4, -0.2) is 40.8 Å². The van der Waals surface area contributed by atoms with Gasteiger partial charge in [-0.15, -0.1) is 0 Å². The summed E-state index contributed by atoms with van der Waals surface area (Å²) >= 11 is 0. The first-order chi connectivity index (χ1) is 14.3. The molecule has 0 bridgehead atoms. The van der Waals surface area contributed by atoms with Gasteiger partial charge in [-0.3, -0.25) is 0 Å². The molecule has 0 saturated carbocycles. The summed E-state index contributed by atoms with van der Waals surface area (Å²) in [6.07, 6.45) is 10.4. The van der Waals surface area contributed by atoms with Crippen molar-refractivity contribution in [2.75, 3.05) is 19.6 Å². The van der Waals surface area contributed by atoms with E-state index in [1.165, 1.54) is 79.0 Å². The lowest BCUT2D eigenvalue weighted by molar-refractivity contribution is -0.0992. The van der Waals surface area contributed by atoms with Gasteiger partial charge >= 0.3 is 0 Å². The number of fused-ring (bicyclic) bond motifs is 3. The second-order valence-corrected chi connectivity index (χ2v) is 9.05. The van der Waals surface area contributed by atoms with Crippen molar-refractivity contribution in [1.82, 2.24) is 15.0 Å². The van der Waals surface area contributed by atoms with Crippen molar-refractivity contribution in [3.05, 3.63) is 48.0 Å². The van der Waals surface area contributed by atoms with Crippen LogP contribution in [-0.2, 0) is 6.42 Å². The summed E-state index contributed by atoms with van der Waals surface area (Å²) in [5, 5.41) is 7.75. The average Bonchev–Trinajstić information content (AvgIpc) is 3.14. The normalized spacial score (nSPS) is 24.4. The number of hydrogen-bond donors (Lipinski definition) is 2. The molecule has 4 nitrogen and oxygen atoms in total. The molecular weight excluding hydrogens is 356 g/mol. The lowest BCUT2D eigenvalue weighted by Gasteiger charge is -2.45. The monoisotopic (exact) mass is 390 g/mol. The molecule has 2 unspecified atom stereocenters. The van der Waals surface area contributed by atoms with Crippen molar-refractivity contribution in [2.45, 2.75) is 57.5 Å². The smallest absolute Gasteiger partial charge is 0.0710 e. The molecule has 2 aliphatic heterocycles. The first kappa shape index (κ1) is 19.1. The Morgan fingerprint density at radius 1 is 0.931 bits per heavy atom. The van der Waals surface area contributed by atoms with E-state index in [2.05, 4.69) is 57.5 Å². The number of H-pyrrole nitrogens is 1. The molecule has 2 aromatic carbocycles. The molecule has 0 spiro atoms. The molecule has 2 saturated heterocycles. The third-order valence-corrected chi connectivity index (χ3v) is 7.07. The molecule has 2 aliphatic rings. The van der Waals surface area contributed by atoms with Crippen LogP contribution in [0.1, 0.15) is 50.5 Å². The van der Waals surface area contributed by atoms with Gasteiger partial charge in [0, 0.05) is 41.4 Å². The number of benzene rings is 2. The number of nitrogens with one attached hydrogen (secondary N) is 1. The van der Waals surface area contributed by atoms with E-state index in [1.807, 2.05) is 0 Å². The molecular formula is C25H34N4. The van der Waals surface area contributed by atoms with Crippen LogP contribution < -0.4 is 5.73 Å². The zero-order chi connectivity index (χ0) is 19.6. The molecule has 29 heavy (non-hydrogen) atoms. The summed E-state index contributed by atoms with van der Waals surface area (Å²) < 4.78 is 0. The number of hydrazine groups is 1. The van der Waals surface area contributed by atoms with E-state index in [1.54, 1.807) is 0 Å². The van der Waals surface area contributed by atoms with Gasteiger partial charge in [-0.1, -0.05) is 36.4 Å². The molecule has 0 radical (unpaired) electrons. The lowest BCUT2D eigenvalue weighted by Crippen LogP contribution is -2.57. The van der Waals surface area contributed by atoms with Crippen molar-refractivity contribution in [3.63, 3.8) is 0 Å². The van der Waals surface area contributed by atoms with E-state index in [4.69, 9.17) is 5.73 Å². The highest BCUT2D eigenvalue weighted by molar-refractivity contribution is 6.08. The van der Waals surface area contributed by atoms with Gasteiger partial charge in [-0.2, -0.15) is 0 Å². The summed E-state index contributed by atoms with van der Waals surface area (Å²) in [6.45, 7) is 3.54. The summed E-state index contributed by atoms with van der Waals surface area (Å²) in [7, 11) is 0. The Kier molecular flexibility index (Phi) is 5.58. The van der Waals surface area contributed by atoms with E-state index in [0.717, 1.165) is 25.3 Å². The lowest BCUT2D eigenvalue weighted by atomic mass is 9.92. The van der Waals surface area contributed by atoms with Crippen molar-refractivity contribution in [2.24, 2.45) is 11.7 Å². The summed E-state index contributed by atoms with van der Waals surface area (Å²) in [5.74, 6) is 0.805. The number of nitrogens with zero attached hydrogens (tertiary/aromatic N) is 2. The number of aromatic amines is 1. The Bertz CT molecular complexity index is 962. The number of para-hydroxylation sites is 2. The van der Waals surface area contributed by atoms with Crippen molar-refractivity contribution >= 4 is 21.8 Å². The third-order valence-electron chi connectivity index (χ3n) is 7.07. The van der Waals surface area contributed by atoms with Crippen molar-refractivity contribution in [1.29, 1.82) is 0 Å². The van der Waals surface area contributed by atoms with Crippen molar-refractivity contribution in [3.8, 4) is 0 Å². The van der Waals surface area contributed by atoms with Crippen LogP contribution in [0.3, 0.4) is 0 Å². The maximum absolute atomic E-state index is 6.40. The molecule has 3 heterocycles. The maximum Gasteiger partial charge on any atom is 0.0710 e. The SMILES string of the molecule is NC1CCCCN1N1CCCC(CCCc2cccc3c2[nH]c2ccccc23)C1. The predicted octanol–water partition coefficient (Wildman–Crippen LogP) is 5.04. The van der Waals surface area contributed by atoms with Crippen LogP contribution in [0, 0.1) is 5.92 Å². The summed E-state index contributed by atoms with van der Waals surface area (Å²) in [4.78, 5) is 3.66.